The Morgan fingerprint density at radius 3 is 2.48 bits per heavy atom. The molecule has 1 amide bonds. The van der Waals surface area contributed by atoms with Gasteiger partial charge in [0, 0.05) is 23.7 Å². The zero-order chi connectivity index (χ0) is 15.4. The van der Waals surface area contributed by atoms with Gasteiger partial charge in [-0.05, 0) is 19.4 Å². The summed E-state index contributed by atoms with van der Waals surface area (Å²) >= 11 is 1.61. The van der Waals surface area contributed by atoms with Crippen molar-refractivity contribution in [3.05, 3.63) is 51.5 Å². The predicted octanol–water partition coefficient (Wildman–Crippen LogP) is 3.18. The summed E-state index contributed by atoms with van der Waals surface area (Å²) in [5.74, 6) is -0.245. The van der Waals surface area contributed by atoms with Gasteiger partial charge in [0.2, 0.25) is 0 Å². The van der Waals surface area contributed by atoms with Gasteiger partial charge in [0.15, 0.2) is 5.78 Å². The average molecular weight is 302 g/mol. The molecule has 0 bridgehead atoms. The molecule has 1 aromatic carbocycles. The molecule has 110 valence electrons. The number of hydrogen-bond acceptors (Lipinski definition) is 4. The molecule has 5 heteroatoms. The molecule has 4 nitrogen and oxygen atoms in total. The van der Waals surface area contributed by atoms with Gasteiger partial charge >= 0.3 is 0 Å². The first-order chi connectivity index (χ1) is 10.0. The van der Waals surface area contributed by atoms with Gasteiger partial charge in [-0.3, -0.25) is 9.59 Å². The van der Waals surface area contributed by atoms with Crippen LogP contribution < -0.4 is 0 Å². The number of thiazole rings is 1. The third kappa shape index (κ3) is 3.55. The first kappa shape index (κ1) is 15.4. The zero-order valence-corrected chi connectivity index (χ0v) is 13.2. The van der Waals surface area contributed by atoms with Crippen LogP contribution in [0.3, 0.4) is 0 Å². The van der Waals surface area contributed by atoms with Gasteiger partial charge in [0.1, 0.15) is 0 Å². The molecule has 0 atom stereocenters. The van der Waals surface area contributed by atoms with E-state index in [2.05, 4.69) is 11.9 Å². The number of ketones is 1. The highest BCUT2D eigenvalue weighted by Gasteiger charge is 2.18. The number of carbonyl (C=O) groups is 2. The second kappa shape index (κ2) is 6.63. The normalized spacial score (nSPS) is 10.4. The lowest BCUT2D eigenvalue weighted by molar-refractivity contribution is 0.0781. The van der Waals surface area contributed by atoms with Crippen LogP contribution in [0.25, 0.3) is 0 Å². The largest absolute Gasteiger partial charge is 0.336 e. The van der Waals surface area contributed by atoms with E-state index >= 15 is 0 Å². The van der Waals surface area contributed by atoms with E-state index in [0.717, 1.165) is 16.3 Å². The number of carbonyl (C=O) groups excluding carboxylic acids is 2. The molecule has 0 saturated heterocycles. The fourth-order valence-electron chi connectivity index (χ4n) is 2.07. The van der Waals surface area contributed by atoms with Crippen LogP contribution in [0.5, 0.6) is 0 Å². The monoisotopic (exact) mass is 302 g/mol. The predicted molar refractivity (Wildman–Crippen MR) is 83.7 cm³/mol. The molecule has 0 N–H and O–H groups in total. The summed E-state index contributed by atoms with van der Waals surface area (Å²) in [6.07, 6.45) is 2.71. The third-order valence-corrected chi connectivity index (χ3v) is 4.31. The molecular formula is C16H18N2O2S. The number of rotatable bonds is 5. The second-order valence-electron chi connectivity index (χ2n) is 4.84. The Bertz CT molecular complexity index is 664. The van der Waals surface area contributed by atoms with E-state index in [-0.39, 0.29) is 11.7 Å². The Balaban J connectivity index is 2.17. The molecule has 0 unspecified atom stereocenters. The van der Waals surface area contributed by atoms with Crippen LogP contribution in [0.2, 0.25) is 0 Å². The minimum atomic E-state index is -0.146. The van der Waals surface area contributed by atoms with Crippen LogP contribution in [0.15, 0.2) is 30.5 Å². The van der Waals surface area contributed by atoms with Crippen LogP contribution in [0.4, 0.5) is 0 Å². The van der Waals surface area contributed by atoms with Crippen molar-refractivity contribution in [2.45, 2.75) is 26.8 Å². The molecule has 2 rings (SSSR count). The third-order valence-electron chi connectivity index (χ3n) is 3.18. The maximum atomic E-state index is 12.5. The molecule has 21 heavy (non-hydrogen) atoms. The summed E-state index contributed by atoms with van der Waals surface area (Å²) in [6, 6.07) is 6.92. The minimum Gasteiger partial charge on any atom is -0.336 e. The van der Waals surface area contributed by atoms with Crippen LogP contribution in [0, 0.1) is 0 Å². The van der Waals surface area contributed by atoms with E-state index in [1.54, 1.807) is 47.5 Å². The quantitative estimate of drug-likeness (QED) is 0.797. The van der Waals surface area contributed by atoms with Crippen LogP contribution in [-0.2, 0) is 13.0 Å². The fourth-order valence-corrected chi connectivity index (χ4v) is 2.99. The van der Waals surface area contributed by atoms with E-state index in [1.165, 1.54) is 6.92 Å². The number of Topliss-reactive ketones (excluding diaryl/α,β-unsaturated/α-hetero) is 1. The number of nitrogens with zero attached hydrogens (tertiary/aromatic N) is 2. The van der Waals surface area contributed by atoms with Crippen molar-refractivity contribution >= 4 is 23.0 Å². The fraction of sp³-hybridized carbons (Fsp3) is 0.312. The number of hydrogen-bond donors (Lipinski definition) is 0. The maximum absolute atomic E-state index is 12.5. The minimum absolute atomic E-state index is 0.0987. The Hall–Kier alpha value is -2.01. The molecule has 2 aromatic rings. The van der Waals surface area contributed by atoms with Gasteiger partial charge in [-0.25, -0.2) is 4.98 Å². The number of aryl methyl sites for hydroxylation is 1. The van der Waals surface area contributed by atoms with E-state index in [9.17, 15) is 9.59 Å². The molecule has 0 saturated carbocycles. The van der Waals surface area contributed by atoms with Gasteiger partial charge in [-0.1, -0.05) is 25.1 Å². The maximum Gasteiger partial charge on any atom is 0.254 e. The highest BCUT2D eigenvalue weighted by atomic mass is 32.1. The SMILES string of the molecule is CCc1ncc(CN(C)C(=O)c2ccccc2C(C)=O)s1. The van der Waals surface area contributed by atoms with Gasteiger partial charge in [0.05, 0.1) is 17.1 Å². The van der Waals surface area contributed by atoms with Gasteiger partial charge in [-0.15, -0.1) is 11.3 Å². The molecular weight excluding hydrogens is 284 g/mol. The van der Waals surface area contributed by atoms with Crippen LogP contribution in [0.1, 0.15) is 44.4 Å². The van der Waals surface area contributed by atoms with Crippen molar-refractivity contribution in [1.82, 2.24) is 9.88 Å². The number of benzene rings is 1. The molecule has 0 fully saturated rings. The second-order valence-corrected chi connectivity index (χ2v) is 6.04. The lowest BCUT2D eigenvalue weighted by Gasteiger charge is -2.17. The summed E-state index contributed by atoms with van der Waals surface area (Å²) in [4.78, 5) is 31.1. The number of amides is 1. The van der Waals surface area contributed by atoms with Gasteiger partial charge < -0.3 is 4.90 Å². The number of aromatic nitrogens is 1. The van der Waals surface area contributed by atoms with Crippen molar-refractivity contribution in [3.63, 3.8) is 0 Å². The van der Waals surface area contributed by atoms with E-state index in [0.29, 0.717) is 17.7 Å². The van der Waals surface area contributed by atoms with E-state index in [1.807, 2.05) is 6.20 Å². The summed E-state index contributed by atoms with van der Waals surface area (Å²) in [7, 11) is 1.74. The first-order valence-corrected chi connectivity index (χ1v) is 7.63. The molecule has 0 aliphatic rings. The van der Waals surface area contributed by atoms with Gasteiger partial charge in [0.25, 0.3) is 5.91 Å². The molecule has 0 spiro atoms. The highest BCUT2D eigenvalue weighted by Crippen LogP contribution is 2.18. The first-order valence-electron chi connectivity index (χ1n) is 6.82. The summed E-state index contributed by atoms with van der Waals surface area (Å²) in [5.41, 5.74) is 0.917. The highest BCUT2D eigenvalue weighted by molar-refractivity contribution is 7.11. The topological polar surface area (TPSA) is 50.3 Å². The molecule has 0 radical (unpaired) electrons. The average Bonchev–Trinajstić information content (AvgIpc) is 2.94. The zero-order valence-electron chi connectivity index (χ0n) is 12.4. The smallest absolute Gasteiger partial charge is 0.254 e. The van der Waals surface area contributed by atoms with Crippen LogP contribution in [-0.4, -0.2) is 28.6 Å². The molecule has 1 aromatic heterocycles. The summed E-state index contributed by atoms with van der Waals surface area (Å²) in [6.45, 7) is 4.03. The molecule has 0 aliphatic heterocycles. The van der Waals surface area contributed by atoms with Crippen molar-refractivity contribution < 1.29 is 9.59 Å². The van der Waals surface area contributed by atoms with Crippen molar-refractivity contribution in [1.29, 1.82) is 0 Å². The lowest BCUT2D eigenvalue weighted by atomic mass is 10.0. The standard InChI is InChI=1S/C16H18N2O2S/c1-4-15-17-9-12(21-15)10-18(3)16(20)14-8-6-5-7-13(14)11(2)19/h5-9H,4,10H2,1-3H3. The Morgan fingerprint density at radius 1 is 1.24 bits per heavy atom. The lowest BCUT2D eigenvalue weighted by Crippen LogP contribution is -2.27. The van der Waals surface area contributed by atoms with Gasteiger partial charge in [-0.2, -0.15) is 0 Å². The molecule has 1 heterocycles. The van der Waals surface area contributed by atoms with E-state index in [4.69, 9.17) is 0 Å². The van der Waals surface area contributed by atoms with Crippen LogP contribution >= 0.6 is 11.3 Å². The Kier molecular flexibility index (Phi) is 4.85. The van der Waals surface area contributed by atoms with Crippen molar-refractivity contribution in [2.75, 3.05) is 7.05 Å². The van der Waals surface area contributed by atoms with Crippen molar-refractivity contribution in [3.8, 4) is 0 Å². The summed E-state index contributed by atoms with van der Waals surface area (Å²) < 4.78 is 0. The van der Waals surface area contributed by atoms with Crippen molar-refractivity contribution in [2.24, 2.45) is 0 Å². The Labute approximate surface area is 128 Å². The Morgan fingerprint density at radius 2 is 1.90 bits per heavy atom. The molecule has 0 aliphatic carbocycles. The van der Waals surface area contributed by atoms with E-state index < -0.39 is 0 Å². The summed E-state index contributed by atoms with van der Waals surface area (Å²) in [5, 5.41) is 1.06.